The maximum atomic E-state index is 14.9. The van der Waals surface area contributed by atoms with Crippen LogP contribution in [0.3, 0.4) is 0 Å². The summed E-state index contributed by atoms with van der Waals surface area (Å²) >= 11 is 0. The SMILES string of the molecule is CCCCCCCCOC1CCC(C2CCC(CCCCC)C(F)C2F)CC1. The van der Waals surface area contributed by atoms with Crippen molar-refractivity contribution in [3.05, 3.63) is 0 Å². The molecular formula is C25H46F2O. The van der Waals surface area contributed by atoms with Gasteiger partial charge in [0.25, 0.3) is 0 Å². The number of ether oxygens (including phenoxy) is 1. The summed E-state index contributed by atoms with van der Waals surface area (Å²) in [6, 6.07) is 0. The Balaban J connectivity index is 1.61. The zero-order valence-corrected chi connectivity index (χ0v) is 18.6. The first-order valence-corrected chi connectivity index (χ1v) is 12.6. The number of alkyl halides is 2. The lowest BCUT2D eigenvalue weighted by Gasteiger charge is -2.41. The minimum Gasteiger partial charge on any atom is -0.378 e. The van der Waals surface area contributed by atoms with E-state index in [2.05, 4.69) is 13.8 Å². The minimum absolute atomic E-state index is 0.0326. The van der Waals surface area contributed by atoms with Gasteiger partial charge in [0, 0.05) is 6.61 Å². The maximum absolute atomic E-state index is 14.9. The molecule has 2 aliphatic carbocycles. The van der Waals surface area contributed by atoms with Gasteiger partial charge in [0.05, 0.1) is 6.10 Å². The summed E-state index contributed by atoms with van der Waals surface area (Å²) in [6.07, 6.45) is 15.8. The van der Waals surface area contributed by atoms with Gasteiger partial charge in [0.1, 0.15) is 12.3 Å². The molecule has 0 aromatic rings. The Morgan fingerprint density at radius 1 is 0.679 bits per heavy atom. The summed E-state index contributed by atoms with van der Waals surface area (Å²) in [5.41, 5.74) is 0. The van der Waals surface area contributed by atoms with Crippen LogP contribution in [0, 0.1) is 17.8 Å². The van der Waals surface area contributed by atoms with Crippen LogP contribution >= 0.6 is 0 Å². The average Bonchev–Trinajstić information content (AvgIpc) is 2.71. The van der Waals surface area contributed by atoms with Gasteiger partial charge in [0.2, 0.25) is 0 Å². The quantitative estimate of drug-likeness (QED) is 0.283. The number of rotatable bonds is 13. The van der Waals surface area contributed by atoms with Crippen molar-refractivity contribution >= 4 is 0 Å². The van der Waals surface area contributed by atoms with E-state index in [0.717, 1.165) is 70.8 Å². The molecule has 28 heavy (non-hydrogen) atoms. The van der Waals surface area contributed by atoms with Crippen molar-refractivity contribution in [3.63, 3.8) is 0 Å². The van der Waals surface area contributed by atoms with Crippen LogP contribution in [-0.2, 0) is 4.74 Å². The molecule has 0 aliphatic heterocycles. The molecule has 0 N–H and O–H groups in total. The van der Waals surface area contributed by atoms with Crippen molar-refractivity contribution in [2.24, 2.45) is 17.8 Å². The summed E-state index contributed by atoms with van der Waals surface area (Å²) in [4.78, 5) is 0. The fourth-order valence-corrected chi connectivity index (χ4v) is 5.49. The monoisotopic (exact) mass is 400 g/mol. The smallest absolute Gasteiger partial charge is 0.134 e. The summed E-state index contributed by atoms with van der Waals surface area (Å²) in [5.74, 6) is 0.297. The molecule has 0 radical (unpaired) electrons. The Kier molecular flexibility index (Phi) is 12.0. The van der Waals surface area contributed by atoms with Gasteiger partial charge in [-0.1, -0.05) is 65.2 Å². The normalized spacial score (nSPS) is 33.9. The van der Waals surface area contributed by atoms with Crippen LogP contribution in [0.1, 0.15) is 117 Å². The molecule has 4 atom stereocenters. The van der Waals surface area contributed by atoms with Crippen LogP contribution in [0.25, 0.3) is 0 Å². The molecule has 0 heterocycles. The van der Waals surface area contributed by atoms with Gasteiger partial charge in [0.15, 0.2) is 0 Å². The molecule has 0 spiro atoms. The lowest BCUT2D eigenvalue weighted by Crippen LogP contribution is -2.42. The highest BCUT2D eigenvalue weighted by molar-refractivity contribution is 4.92. The minimum atomic E-state index is -1.23. The van der Waals surface area contributed by atoms with Crippen LogP contribution in [0.15, 0.2) is 0 Å². The van der Waals surface area contributed by atoms with Crippen molar-refractivity contribution in [2.75, 3.05) is 6.61 Å². The molecule has 1 nitrogen and oxygen atoms in total. The van der Waals surface area contributed by atoms with E-state index in [-0.39, 0.29) is 11.8 Å². The summed E-state index contributed by atoms with van der Waals surface area (Å²) < 4.78 is 35.6. The third kappa shape index (κ3) is 7.92. The number of halogens is 2. The first kappa shape index (κ1) is 24.1. The molecule has 2 aliphatic rings. The predicted octanol–water partition coefficient (Wildman–Crippen LogP) is 8.21. The van der Waals surface area contributed by atoms with Gasteiger partial charge in [-0.25, -0.2) is 8.78 Å². The van der Waals surface area contributed by atoms with Crippen LogP contribution in [0.4, 0.5) is 8.78 Å². The average molecular weight is 401 g/mol. The second-order valence-electron chi connectivity index (χ2n) is 9.56. The zero-order valence-electron chi connectivity index (χ0n) is 18.6. The first-order chi connectivity index (χ1) is 13.7. The topological polar surface area (TPSA) is 9.23 Å². The zero-order chi connectivity index (χ0) is 20.2. The molecule has 0 amide bonds. The van der Waals surface area contributed by atoms with Crippen LogP contribution in [0.5, 0.6) is 0 Å². The fourth-order valence-electron chi connectivity index (χ4n) is 5.49. The number of hydrogen-bond acceptors (Lipinski definition) is 1. The maximum Gasteiger partial charge on any atom is 0.134 e. The first-order valence-electron chi connectivity index (χ1n) is 12.6. The molecule has 4 unspecified atom stereocenters. The van der Waals surface area contributed by atoms with E-state index in [1.165, 1.54) is 38.5 Å². The van der Waals surface area contributed by atoms with Gasteiger partial charge in [-0.2, -0.15) is 0 Å². The van der Waals surface area contributed by atoms with E-state index in [1.807, 2.05) is 0 Å². The molecular weight excluding hydrogens is 354 g/mol. The van der Waals surface area contributed by atoms with Crippen molar-refractivity contribution in [2.45, 2.75) is 135 Å². The standard InChI is InChI=1S/C25H46F2O/c1-3-5-7-8-9-11-19-28-22-16-13-20(14-17-22)23-18-15-21(12-10-6-4-2)24(26)25(23)27/h20-25H,3-19H2,1-2H3. The summed E-state index contributed by atoms with van der Waals surface area (Å²) in [6.45, 7) is 5.29. The van der Waals surface area contributed by atoms with E-state index >= 15 is 0 Å². The van der Waals surface area contributed by atoms with Crippen molar-refractivity contribution in [1.29, 1.82) is 0 Å². The van der Waals surface area contributed by atoms with Crippen molar-refractivity contribution < 1.29 is 13.5 Å². The van der Waals surface area contributed by atoms with Crippen molar-refractivity contribution in [3.8, 4) is 0 Å². The third-order valence-corrected chi connectivity index (χ3v) is 7.39. The van der Waals surface area contributed by atoms with Crippen LogP contribution in [-0.4, -0.2) is 25.1 Å². The molecule has 2 fully saturated rings. The van der Waals surface area contributed by atoms with Gasteiger partial charge in [-0.05, 0) is 69.1 Å². The second kappa shape index (κ2) is 13.9. The van der Waals surface area contributed by atoms with E-state index < -0.39 is 12.3 Å². The Morgan fingerprint density at radius 3 is 2.04 bits per heavy atom. The second-order valence-corrected chi connectivity index (χ2v) is 9.56. The molecule has 2 saturated carbocycles. The molecule has 0 bridgehead atoms. The Labute approximate surface area is 173 Å². The number of unbranched alkanes of at least 4 members (excludes halogenated alkanes) is 7. The van der Waals surface area contributed by atoms with E-state index in [0.29, 0.717) is 12.0 Å². The van der Waals surface area contributed by atoms with E-state index in [9.17, 15) is 8.78 Å². The molecule has 0 aromatic heterocycles. The van der Waals surface area contributed by atoms with Gasteiger partial charge >= 0.3 is 0 Å². The Hall–Kier alpha value is -0.180. The summed E-state index contributed by atoms with van der Waals surface area (Å²) in [7, 11) is 0. The highest BCUT2D eigenvalue weighted by atomic mass is 19.2. The van der Waals surface area contributed by atoms with Crippen molar-refractivity contribution in [1.82, 2.24) is 0 Å². The molecule has 3 heteroatoms. The summed E-state index contributed by atoms with van der Waals surface area (Å²) in [5, 5.41) is 0. The Morgan fingerprint density at radius 2 is 1.32 bits per heavy atom. The fraction of sp³-hybridized carbons (Fsp3) is 1.00. The largest absolute Gasteiger partial charge is 0.378 e. The Bertz CT molecular complexity index is 381. The van der Waals surface area contributed by atoms with Gasteiger partial charge in [-0.15, -0.1) is 0 Å². The highest BCUT2D eigenvalue weighted by Gasteiger charge is 2.43. The molecule has 0 aromatic carbocycles. The van der Waals surface area contributed by atoms with E-state index in [4.69, 9.17) is 4.74 Å². The molecule has 0 saturated heterocycles. The van der Waals surface area contributed by atoms with Gasteiger partial charge in [-0.3, -0.25) is 0 Å². The van der Waals surface area contributed by atoms with Crippen LogP contribution < -0.4 is 0 Å². The third-order valence-electron chi connectivity index (χ3n) is 7.39. The lowest BCUT2D eigenvalue weighted by atomic mass is 9.68. The predicted molar refractivity (Wildman–Crippen MR) is 115 cm³/mol. The number of hydrogen-bond donors (Lipinski definition) is 0. The highest BCUT2D eigenvalue weighted by Crippen LogP contribution is 2.44. The van der Waals surface area contributed by atoms with E-state index in [1.54, 1.807) is 0 Å². The molecule has 166 valence electrons. The lowest BCUT2D eigenvalue weighted by molar-refractivity contribution is -0.0342. The molecule has 2 rings (SSSR count). The van der Waals surface area contributed by atoms with Gasteiger partial charge < -0.3 is 4.74 Å². The van der Waals surface area contributed by atoms with Crippen LogP contribution in [0.2, 0.25) is 0 Å².